The van der Waals surface area contributed by atoms with Gasteiger partial charge in [-0.2, -0.15) is 5.10 Å². The highest BCUT2D eigenvalue weighted by Gasteiger charge is 2.15. The number of nitrogens with zero attached hydrogens (tertiary/aromatic N) is 5. The van der Waals surface area contributed by atoms with Gasteiger partial charge in [0.2, 0.25) is 5.91 Å². The van der Waals surface area contributed by atoms with Crippen molar-refractivity contribution in [1.29, 1.82) is 0 Å². The number of anilines is 1. The number of hydrogen-bond donors (Lipinski definition) is 1. The molecule has 1 aromatic carbocycles. The summed E-state index contributed by atoms with van der Waals surface area (Å²) in [6.45, 7) is 0.278. The maximum absolute atomic E-state index is 12.7. The van der Waals surface area contributed by atoms with Gasteiger partial charge in [0.25, 0.3) is 5.56 Å². The van der Waals surface area contributed by atoms with Crippen molar-refractivity contribution in [2.75, 3.05) is 5.32 Å². The molecule has 8 nitrogen and oxygen atoms in total. The average molecular weight is 459 g/mol. The summed E-state index contributed by atoms with van der Waals surface area (Å²) in [4.78, 5) is 33.7. The molecule has 0 spiro atoms. The lowest BCUT2D eigenvalue weighted by Crippen LogP contribution is -2.21. The van der Waals surface area contributed by atoms with Crippen LogP contribution in [-0.2, 0) is 24.8 Å². The summed E-state index contributed by atoms with van der Waals surface area (Å²) in [5, 5.41) is 9.97. The number of para-hydroxylation sites is 1. The first kappa shape index (κ1) is 18.5. The molecule has 0 bridgehead atoms. The zero-order chi connectivity index (χ0) is 19.7. The van der Waals surface area contributed by atoms with Crippen molar-refractivity contribution in [3.63, 3.8) is 0 Å². The van der Waals surface area contributed by atoms with Crippen molar-refractivity contribution in [1.82, 2.24) is 24.3 Å². The van der Waals surface area contributed by atoms with Crippen LogP contribution < -0.4 is 10.9 Å². The third-order valence-electron chi connectivity index (χ3n) is 4.07. The Morgan fingerprint density at radius 1 is 1.29 bits per heavy atom. The van der Waals surface area contributed by atoms with Crippen LogP contribution in [-0.4, -0.2) is 30.2 Å². The van der Waals surface area contributed by atoms with E-state index in [0.29, 0.717) is 26.3 Å². The number of carbonyl (C=O) groups is 1. The Hall–Kier alpha value is -2.85. The van der Waals surface area contributed by atoms with Crippen molar-refractivity contribution >= 4 is 49.9 Å². The first-order chi connectivity index (χ1) is 13.5. The fraction of sp³-hybridized carbons (Fsp3) is 0.167. The number of carbonyl (C=O) groups excluding carboxylic acids is 1. The van der Waals surface area contributed by atoms with Crippen LogP contribution in [0.15, 0.2) is 51.4 Å². The van der Waals surface area contributed by atoms with Crippen LogP contribution in [0.5, 0.6) is 0 Å². The van der Waals surface area contributed by atoms with Gasteiger partial charge >= 0.3 is 0 Å². The molecule has 0 atom stereocenters. The quantitative estimate of drug-likeness (QED) is 0.495. The van der Waals surface area contributed by atoms with E-state index in [4.69, 9.17) is 0 Å². The van der Waals surface area contributed by atoms with Crippen LogP contribution in [0.2, 0.25) is 0 Å². The Morgan fingerprint density at radius 2 is 2.07 bits per heavy atom. The molecule has 4 aromatic rings. The van der Waals surface area contributed by atoms with Gasteiger partial charge in [0.15, 0.2) is 5.65 Å². The molecule has 1 N–H and O–H groups in total. The van der Waals surface area contributed by atoms with E-state index in [1.54, 1.807) is 11.7 Å². The van der Waals surface area contributed by atoms with Gasteiger partial charge in [0.05, 0.1) is 18.7 Å². The standard InChI is InChI=1S/C18H15BrN6O2S/c1-24-17-15(16(19)23-24)18(27)25(10-20-17)8-12-9-28-14(22-12)7-13(26)21-11-5-3-2-4-6-11/h2-6,9-10H,7-8H2,1H3,(H,21,26). The largest absolute Gasteiger partial charge is 0.326 e. The number of amides is 1. The fourth-order valence-corrected chi connectivity index (χ4v) is 4.16. The summed E-state index contributed by atoms with van der Waals surface area (Å²) in [6.07, 6.45) is 1.67. The molecule has 0 saturated carbocycles. The Kier molecular flexibility index (Phi) is 5.05. The second-order valence-corrected chi connectivity index (χ2v) is 7.81. The highest BCUT2D eigenvalue weighted by atomic mass is 79.9. The van der Waals surface area contributed by atoms with Crippen LogP contribution in [0.4, 0.5) is 5.69 Å². The number of fused-ring (bicyclic) bond motifs is 1. The number of rotatable bonds is 5. The predicted octanol–water partition coefficient (Wildman–Crippen LogP) is 2.58. The Morgan fingerprint density at radius 3 is 2.86 bits per heavy atom. The number of thiazole rings is 1. The molecule has 0 aliphatic carbocycles. The molecule has 0 aliphatic heterocycles. The third kappa shape index (κ3) is 3.73. The zero-order valence-corrected chi connectivity index (χ0v) is 17.2. The van der Waals surface area contributed by atoms with Gasteiger partial charge in [-0.3, -0.25) is 14.2 Å². The number of hydrogen-bond acceptors (Lipinski definition) is 6. The maximum atomic E-state index is 12.7. The lowest BCUT2D eigenvalue weighted by Gasteiger charge is -2.04. The fourth-order valence-electron chi connectivity index (χ4n) is 2.79. The smallest absolute Gasteiger partial charge is 0.266 e. The average Bonchev–Trinajstić information content (AvgIpc) is 3.22. The predicted molar refractivity (Wildman–Crippen MR) is 110 cm³/mol. The van der Waals surface area contributed by atoms with E-state index in [1.807, 2.05) is 35.7 Å². The molecule has 0 unspecified atom stereocenters. The van der Waals surface area contributed by atoms with E-state index in [0.717, 1.165) is 5.69 Å². The van der Waals surface area contributed by atoms with Crippen molar-refractivity contribution in [3.05, 3.63) is 67.7 Å². The van der Waals surface area contributed by atoms with Gasteiger partial charge in [-0.25, -0.2) is 14.6 Å². The van der Waals surface area contributed by atoms with Crippen LogP contribution in [0.25, 0.3) is 11.0 Å². The van der Waals surface area contributed by atoms with E-state index in [-0.39, 0.29) is 24.4 Å². The number of halogens is 1. The minimum absolute atomic E-state index is 0.133. The molecule has 0 aliphatic rings. The number of aryl methyl sites for hydroxylation is 1. The number of aromatic nitrogens is 5. The second-order valence-electron chi connectivity index (χ2n) is 6.11. The summed E-state index contributed by atoms with van der Waals surface area (Å²) in [5.41, 5.74) is 1.78. The van der Waals surface area contributed by atoms with Crippen molar-refractivity contribution in [2.45, 2.75) is 13.0 Å². The normalized spacial score (nSPS) is 11.1. The molecule has 3 heterocycles. The molecule has 4 rings (SSSR count). The molecule has 0 radical (unpaired) electrons. The minimum Gasteiger partial charge on any atom is -0.326 e. The van der Waals surface area contributed by atoms with Gasteiger partial charge in [-0.1, -0.05) is 18.2 Å². The van der Waals surface area contributed by atoms with E-state index in [1.165, 1.54) is 22.2 Å². The molecule has 0 fully saturated rings. The Balaban J connectivity index is 1.49. The van der Waals surface area contributed by atoms with Crippen LogP contribution >= 0.6 is 27.3 Å². The molecule has 0 saturated heterocycles. The highest BCUT2D eigenvalue weighted by molar-refractivity contribution is 9.10. The SMILES string of the molecule is Cn1nc(Br)c2c(=O)n(Cc3csc(CC(=O)Nc4ccccc4)n3)cnc21. The minimum atomic E-state index is -0.193. The summed E-state index contributed by atoms with van der Waals surface area (Å²) in [7, 11) is 1.73. The molecule has 1 amide bonds. The molecule has 3 aromatic heterocycles. The number of nitrogens with one attached hydrogen (secondary N) is 1. The lowest BCUT2D eigenvalue weighted by molar-refractivity contribution is -0.115. The van der Waals surface area contributed by atoms with Crippen molar-refractivity contribution in [2.24, 2.45) is 7.05 Å². The van der Waals surface area contributed by atoms with Gasteiger partial charge in [-0.15, -0.1) is 11.3 Å². The van der Waals surface area contributed by atoms with Crippen LogP contribution in [0.1, 0.15) is 10.7 Å². The van der Waals surface area contributed by atoms with Gasteiger partial charge in [-0.05, 0) is 28.1 Å². The third-order valence-corrected chi connectivity index (χ3v) is 5.52. The van der Waals surface area contributed by atoms with Gasteiger partial charge in [0, 0.05) is 18.1 Å². The maximum Gasteiger partial charge on any atom is 0.266 e. The van der Waals surface area contributed by atoms with E-state index in [9.17, 15) is 9.59 Å². The summed E-state index contributed by atoms with van der Waals surface area (Å²) in [6, 6.07) is 9.27. The molecule has 142 valence electrons. The van der Waals surface area contributed by atoms with E-state index < -0.39 is 0 Å². The summed E-state index contributed by atoms with van der Waals surface area (Å²) >= 11 is 4.69. The van der Waals surface area contributed by atoms with Gasteiger partial charge < -0.3 is 5.32 Å². The molecule has 10 heteroatoms. The Labute approximate surface area is 172 Å². The molecular weight excluding hydrogens is 444 g/mol. The van der Waals surface area contributed by atoms with Crippen LogP contribution in [0, 0.1) is 0 Å². The molecule has 28 heavy (non-hydrogen) atoms. The van der Waals surface area contributed by atoms with Gasteiger partial charge in [0.1, 0.15) is 21.3 Å². The zero-order valence-electron chi connectivity index (χ0n) is 14.8. The van der Waals surface area contributed by atoms with Crippen molar-refractivity contribution in [3.8, 4) is 0 Å². The summed E-state index contributed by atoms with van der Waals surface area (Å²) in [5.74, 6) is -0.133. The lowest BCUT2D eigenvalue weighted by atomic mass is 10.3. The van der Waals surface area contributed by atoms with Crippen molar-refractivity contribution < 1.29 is 4.79 Å². The Bertz CT molecular complexity index is 1210. The highest BCUT2D eigenvalue weighted by Crippen LogP contribution is 2.17. The van der Waals surface area contributed by atoms with E-state index in [2.05, 4.69) is 36.3 Å². The summed E-state index contributed by atoms with van der Waals surface area (Å²) < 4.78 is 3.50. The number of benzene rings is 1. The monoisotopic (exact) mass is 458 g/mol. The topological polar surface area (TPSA) is 94.7 Å². The molecular formula is C18H15BrN6O2S. The second kappa shape index (κ2) is 7.64. The first-order valence-electron chi connectivity index (χ1n) is 8.37. The van der Waals surface area contributed by atoms with Crippen LogP contribution in [0.3, 0.4) is 0 Å². The first-order valence-corrected chi connectivity index (χ1v) is 10.0. The van der Waals surface area contributed by atoms with E-state index >= 15 is 0 Å².